The third-order valence-corrected chi connectivity index (χ3v) is 4.30. The fraction of sp³-hybridized carbons (Fsp3) is 0.417. The number of aromatic nitrogens is 6. The molecule has 3 rings (SSSR count). The Morgan fingerprint density at radius 2 is 2.25 bits per heavy atom. The second-order valence-electron chi connectivity index (χ2n) is 4.53. The number of thiophene rings is 1. The summed E-state index contributed by atoms with van der Waals surface area (Å²) >= 11 is 1.70. The minimum Gasteiger partial charge on any atom is -0.360 e. The number of H-pyrrole nitrogens is 1. The third kappa shape index (κ3) is 2.11. The van der Waals surface area contributed by atoms with Crippen molar-refractivity contribution >= 4 is 27.4 Å². The van der Waals surface area contributed by atoms with Crippen molar-refractivity contribution in [2.75, 3.05) is 5.32 Å². The number of hydrogen-bond acceptors (Lipinski definition) is 7. The second-order valence-corrected chi connectivity index (χ2v) is 5.73. The quantitative estimate of drug-likeness (QED) is 0.765. The molecule has 1 atom stereocenters. The molecule has 0 saturated heterocycles. The Morgan fingerprint density at radius 1 is 1.40 bits per heavy atom. The summed E-state index contributed by atoms with van der Waals surface area (Å²) in [6.45, 7) is 6.25. The number of rotatable bonds is 4. The van der Waals surface area contributed by atoms with Crippen molar-refractivity contribution in [1.82, 2.24) is 30.6 Å². The lowest BCUT2D eigenvalue weighted by molar-refractivity contribution is 0.789. The zero-order chi connectivity index (χ0) is 14.1. The molecule has 0 aliphatic carbocycles. The molecule has 0 bridgehead atoms. The van der Waals surface area contributed by atoms with Crippen molar-refractivity contribution in [2.24, 2.45) is 0 Å². The normalized spacial score (nSPS) is 12.8. The second kappa shape index (κ2) is 5.12. The van der Waals surface area contributed by atoms with Gasteiger partial charge in [-0.25, -0.2) is 9.97 Å². The van der Waals surface area contributed by atoms with Crippen LogP contribution in [-0.2, 0) is 6.42 Å². The molecule has 0 saturated carbocycles. The summed E-state index contributed by atoms with van der Waals surface area (Å²) in [4.78, 5) is 11.0. The number of nitrogens with one attached hydrogen (secondary N) is 2. The molecule has 20 heavy (non-hydrogen) atoms. The lowest BCUT2D eigenvalue weighted by atomic mass is 10.1. The van der Waals surface area contributed by atoms with E-state index in [4.69, 9.17) is 0 Å². The minimum atomic E-state index is -0.0724. The van der Waals surface area contributed by atoms with E-state index in [9.17, 15) is 0 Å². The van der Waals surface area contributed by atoms with E-state index in [-0.39, 0.29) is 6.04 Å². The molecule has 104 valence electrons. The lowest BCUT2D eigenvalue weighted by Gasteiger charge is -2.12. The summed E-state index contributed by atoms with van der Waals surface area (Å²) in [6.07, 6.45) is 2.55. The fourth-order valence-electron chi connectivity index (χ4n) is 2.26. The van der Waals surface area contributed by atoms with E-state index in [0.717, 1.165) is 22.5 Å². The summed E-state index contributed by atoms with van der Waals surface area (Å²) in [6, 6.07) is -0.0724. The van der Waals surface area contributed by atoms with Gasteiger partial charge in [0.05, 0.1) is 11.4 Å². The minimum absolute atomic E-state index is 0.0724. The van der Waals surface area contributed by atoms with E-state index >= 15 is 0 Å². The summed E-state index contributed by atoms with van der Waals surface area (Å²) in [5.74, 6) is 1.44. The topological polar surface area (TPSA) is 92.3 Å². The predicted octanol–water partition coefficient (Wildman–Crippen LogP) is 2.25. The Hall–Kier alpha value is -2.09. The molecule has 0 aliphatic rings. The summed E-state index contributed by atoms with van der Waals surface area (Å²) in [7, 11) is 0. The van der Waals surface area contributed by atoms with Crippen LogP contribution in [0, 0.1) is 6.92 Å². The maximum Gasteiger partial charge on any atom is 0.196 e. The largest absolute Gasteiger partial charge is 0.360 e. The van der Waals surface area contributed by atoms with Gasteiger partial charge in [-0.2, -0.15) is 5.21 Å². The number of anilines is 1. The number of fused-ring (bicyclic) bond motifs is 1. The average molecular weight is 289 g/mol. The van der Waals surface area contributed by atoms with Crippen LogP contribution in [0.25, 0.3) is 10.2 Å². The van der Waals surface area contributed by atoms with Gasteiger partial charge in [-0.3, -0.25) is 0 Å². The van der Waals surface area contributed by atoms with Crippen molar-refractivity contribution in [3.63, 3.8) is 0 Å². The first kappa shape index (κ1) is 12.9. The van der Waals surface area contributed by atoms with Crippen LogP contribution in [0.4, 0.5) is 5.82 Å². The number of tetrazole rings is 1. The van der Waals surface area contributed by atoms with Crippen LogP contribution in [0.15, 0.2) is 6.33 Å². The van der Waals surface area contributed by atoms with Gasteiger partial charge in [0.2, 0.25) is 0 Å². The van der Waals surface area contributed by atoms with Gasteiger partial charge >= 0.3 is 0 Å². The molecule has 3 aromatic rings. The molecule has 3 aromatic heterocycles. The Kier molecular flexibility index (Phi) is 3.31. The molecule has 7 nitrogen and oxygen atoms in total. The number of hydrogen-bond donors (Lipinski definition) is 2. The van der Waals surface area contributed by atoms with Crippen LogP contribution < -0.4 is 5.32 Å². The third-order valence-electron chi connectivity index (χ3n) is 3.24. The zero-order valence-electron chi connectivity index (χ0n) is 11.5. The maximum atomic E-state index is 4.38. The van der Waals surface area contributed by atoms with Crippen LogP contribution in [-0.4, -0.2) is 30.6 Å². The van der Waals surface area contributed by atoms with Gasteiger partial charge in [-0.05, 0) is 25.8 Å². The molecule has 3 heterocycles. The molecule has 0 spiro atoms. The van der Waals surface area contributed by atoms with E-state index in [0.29, 0.717) is 5.82 Å². The first-order valence-electron chi connectivity index (χ1n) is 6.43. The smallest absolute Gasteiger partial charge is 0.196 e. The number of nitrogens with zero attached hydrogens (tertiary/aromatic N) is 5. The van der Waals surface area contributed by atoms with Gasteiger partial charge < -0.3 is 5.32 Å². The van der Waals surface area contributed by atoms with Crippen LogP contribution in [0.1, 0.15) is 36.2 Å². The van der Waals surface area contributed by atoms with Gasteiger partial charge in [0.15, 0.2) is 5.82 Å². The number of aryl methyl sites for hydroxylation is 2. The molecule has 0 fully saturated rings. The fourth-order valence-corrected chi connectivity index (χ4v) is 3.34. The van der Waals surface area contributed by atoms with Crippen LogP contribution in [0.3, 0.4) is 0 Å². The summed E-state index contributed by atoms with van der Waals surface area (Å²) in [5, 5.41) is 18.5. The highest BCUT2D eigenvalue weighted by Gasteiger charge is 2.17. The predicted molar refractivity (Wildman–Crippen MR) is 77.7 cm³/mol. The van der Waals surface area contributed by atoms with Crippen LogP contribution >= 0.6 is 11.3 Å². The first-order chi connectivity index (χ1) is 9.70. The van der Waals surface area contributed by atoms with E-state index in [2.05, 4.69) is 49.8 Å². The highest BCUT2D eigenvalue weighted by Crippen LogP contribution is 2.34. The van der Waals surface area contributed by atoms with E-state index < -0.39 is 0 Å². The van der Waals surface area contributed by atoms with E-state index in [1.54, 1.807) is 17.7 Å². The average Bonchev–Trinajstić information content (AvgIpc) is 3.05. The van der Waals surface area contributed by atoms with Crippen molar-refractivity contribution in [2.45, 2.75) is 33.2 Å². The first-order valence-corrected chi connectivity index (χ1v) is 7.25. The number of aromatic amines is 1. The molecule has 0 unspecified atom stereocenters. The molecule has 0 amide bonds. The zero-order valence-corrected chi connectivity index (χ0v) is 12.3. The van der Waals surface area contributed by atoms with Gasteiger partial charge in [0, 0.05) is 4.88 Å². The molecule has 0 aromatic carbocycles. The van der Waals surface area contributed by atoms with Crippen molar-refractivity contribution in [3.05, 3.63) is 22.6 Å². The standard InChI is InChI=1S/C12H15N7S/c1-4-8-7(3)20-12-9(8)11(13-5-14-12)15-6(2)10-16-18-19-17-10/h5-6H,4H2,1-3H3,(H,13,14,15)(H,16,17,18,19)/t6-/m1/s1. The highest BCUT2D eigenvalue weighted by molar-refractivity contribution is 7.18. The lowest BCUT2D eigenvalue weighted by Crippen LogP contribution is -2.10. The highest BCUT2D eigenvalue weighted by atomic mass is 32.1. The maximum absolute atomic E-state index is 4.38. The molecule has 0 radical (unpaired) electrons. The molecule has 2 N–H and O–H groups in total. The summed E-state index contributed by atoms with van der Waals surface area (Å²) < 4.78 is 0. The summed E-state index contributed by atoms with van der Waals surface area (Å²) in [5.41, 5.74) is 1.30. The molecular formula is C12H15N7S. The molecular weight excluding hydrogens is 274 g/mol. The van der Waals surface area contributed by atoms with Crippen molar-refractivity contribution < 1.29 is 0 Å². The Morgan fingerprint density at radius 3 is 2.95 bits per heavy atom. The van der Waals surface area contributed by atoms with Crippen molar-refractivity contribution in [1.29, 1.82) is 0 Å². The van der Waals surface area contributed by atoms with Crippen LogP contribution in [0.2, 0.25) is 0 Å². The van der Waals surface area contributed by atoms with Crippen molar-refractivity contribution in [3.8, 4) is 0 Å². The Labute approximate surface area is 119 Å². The van der Waals surface area contributed by atoms with Gasteiger partial charge in [-0.1, -0.05) is 12.1 Å². The van der Waals surface area contributed by atoms with Gasteiger partial charge in [-0.15, -0.1) is 21.5 Å². The Bertz CT molecular complexity index is 719. The SMILES string of the molecule is CCc1c(C)sc2ncnc(N[C@H](C)c3nn[nH]n3)c12. The van der Waals surface area contributed by atoms with Crippen LogP contribution in [0.5, 0.6) is 0 Å². The molecule has 8 heteroatoms. The van der Waals surface area contributed by atoms with E-state index in [1.165, 1.54) is 10.4 Å². The van der Waals surface area contributed by atoms with E-state index in [1.807, 2.05) is 6.92 Å². The van der Waals surface area contributed by atoms with Gasteiger partial charge in [0.25, 0.3) is 0 Å². The Balaban J connectivity index is 2.03. The molecule has 0 aliphatic heterocycles. The monoisotopic (exact) mass is 289 g/mol. The van der Waals surface area contributed by atoms with Gasteiger partial charge in [0.1, 0.15) is 17.0 Å².